The highest BCUT2D eigenvalue weighted by atomic mass is 32.2. The second kappa shape index (κ2) is 7.78. The van der Waals surface area contributed by atoms with E-state index in [-0.39, 0.29) is 36.6 Å². The number of carbonyl (C=O) groups is 1. The minimum absolute atomic E-state index is 0.0246. The van der Waals surface area contributed by atoms with Crippen LogP contribution in [0.5, 0.6) is 0 Å². The molecule has 0 radical (unpaired) electrons. The van der Waals surface area contributed by atoms with E-state index in [0.717, 1.165) is 0 Å². The number of hydrogen-bond acceptors (Lipinski definition) is 6. The Morgan fingerprint density at radius 2 is 2.21 bits per heavy atom. The van der Waals surface area contributed by atoms with Crippen molar-refractivity contribution in [3.63, 3.8) is 0 Å². The zero-order chi connectivity index (χ0) is 14.3. The summed E-state index contributed by atoms with van der Waals surface area (Å²) in [5.41, 5.74) is 0. The van der Waals surface area contributed by atoms with Crippen molar-refractivity contribution in [2.75, 3.05) is 51.5 Å². The number of nitrogens with zero attached hydrogens (tertiary/aromatic N) is 1. The van der Waals surface area contributed by atoms with Gasteiger partial charge in [-0.25, -0.2) is 8.42 Å². The molecule has 112 valence electrons. The van der Waals surface area contributed by atoms with Gasteiger partial charge in [-0.1, -0.05) is 0 Å². The first-order chi connectivity index (χ1) is 8.96. The summed E-state index contributed by atoms with van der Waals surface area (Å²) in [6.07, 6.45) is 0.478. The van der Waals surface area contributed by atoms with E-state index in [9.17, 15) is 13.2 Å². The van der Waals surface area contributed by atoms with Gasteiger partial charge in [-0.15, -0.1) is 0 Å². The fourth-order valence-corrected chi connectivity index (χ4v) is 3.69. The fourth-order valence-electron chi connectivity index (χ4n) is 2.02. The number of ether oxygens (including phenoxy) is 1. The molecule has 19 heavy (non-hydrogen) atoms. The quantitative estimate of drug-likeness (QED) is 0.550. The lowest BCUT2D eigenvalue weighted by molar-refractivity contribution is -0.123. The summed E-state index contributed by atoms with van der Waals surface area (Å²) in [4.78, 5) is 13.6. The number of aliphatic hydroxyl groups is 1. The molecule has 1 heterocycles. The van der Waals surface area contributed by atoms with Crippen molar-refractivity contribution in [3.05, 3.63) is 0 Å². The van der Waals surface area contributed by atoms with Crippen LogP contribution >= 0.6 is 0 Å². The van der Waals surface area contributed by atoms with Gasteiger partial charge < -0.3 is 15.2 Å². The summed E-state index contributed by atoms with van der Waals surface area (Å²) >= 11 is 0. The van der Waals surface area contributed by atoms with Crippen LogP contribution in [-0.2, 0) is 19.4 Å². The van der Waals surface area contributed by atoms with Crippen molar-refractivity contribution in [3.8, 4) is 0 Å². The zero-order valence-corrected chi connectivity index (χ0v) is 12.0. The molecule has 1 fully saturated rings. The van der Waals surface area contributed by atoms with E-state index in [1.807, 2.05) is 0 Å². The Labute approximate surface area is 113 Å². The summed E-state index contributed by atoms with van der Waals surface area (Å²) in [5, 5.41) is 11.6. The summed E-state index contributed by atoms with van der Waals surface area (Å²) < 4.78 is 27.5. The predicted octanol–water partition coefficient (Wildman–Crippen LogP) is -1.77. The molecule has 0 aromatic rings. The van der Waals surface area contributed by atoms with Crippen molar-refractivity contribution in [1.82, 2.24) is 10.2 Å². The molecule has 0 spiro atoms. The standard InChI is InChI=1S/C11H22N2O5S/c1-18-6-4-13(3-5-14)8-11(15)12-10-2-7-19(16,17)9-10/h10,14H,2-9H2,1H3,(H,12,15). The Hall–Kier alpha value is -0.700. The summed E-state index contributed by atoms with van der Waals surface area (Å²) in [6, 6.07) is -0.282. The van der Waals surface area contributed by atoms with Crippen molar-refractivity contribution in [2.24, 2.45) is 0 Å². The summed E-state index contributed by atoms with van der Waals surface area (Å²) in [7, 11) is -1.41. The van der Waals surface area contributed by atoms with Gasteiger partial charge in [0.15, 0.2) is 9.84 Å². The van der Waals surface area contributed by atoms with Crippen LogP contribution in [-0.4, -0.2) is 81.8 Å². The maximum absolute atomic E-state index is 11.8. The van der Waals surface area contributed by atoms with Crippen molar-refractivity contribution >= 4 is 15.7 Å². The lowest BCUT2D eigenvalue weighted by atomic mass is 10.2. The second-order valence-corrected chi connectivity index (χ2v) is 6.89. The second-order valence-electron chi connectivity index (χ2n) is 4.66. The van der Waals surface area contributed by atoms with Gasteiger partial charge in [0, 0.05) is 26.2 Å². The molecule has 1 aliphatic heterocycles. The van der Waals surface area contributed by atoms with Crippen molar-refractivity contribution < 1.29 is 23.1 Å². The number of hydrogen-bond donors (Lipinski definition) is 2. The SMILES string of the molecule is COCCN(CCO)CC(=O)NC1CCS(=O)(=O)C1. The average Bonchev–Trinajstić information content (AvgIpc) is 2.65. The van der Waals surface area contributed by atoms with Crippen molar-refractivity contribution in [1.29, 1.82) is 0 Å². The molecule has 7 nitrogen and oxygen atoms in total. The highest BCUT2D eigenvalue weighted by molar-refractivity contribution is 7.91. The molecule has 1 amide bonds. The average molecular weight is 294 g/mol. The number of amides is 1. The van der Waals surface area contributed by atoms with Gasteiger partial charge in [-0.3, -0.25) is 9.69 Å². The van der Waals surface area contributed by atoms with Crippen LogP contribution < -0.4 is 5.32 Å². The minimum atomic E-state index is -2.98. The van der Waals surface area contributed by atoms with Gasteiger partial charge in [0.05, 0.1) is 31.3 Å². The van der Waals surface area contributed by atoms with Gasteiger partial charge in [-0.2, -0.15) is 0 Å². The molecule has 0 saturated carbocycles. The van der Waals surface area contributed by atoms with Gasteiger partial charge in [0.1, 0.15) is 0 Å². The van der Waals surface area contributed by atoms with Gasteiger partial charge >= 0.3 is 0 Å². The lowest BCUT2D eigenvalue weighted by Gasteiger charge is -2.21. The number of carbonyl (C=O) groups excluding carboxylic acids is 1. The van der Waals surface area contributed by atoms with E-state index < -0.39 is 9.84 Å². The van der Waals surface area contributed by atoms with E-state index in [0.29, 0.717) is 26.1 Å². The monoisotopic (exact) mass is 294 g/mol. The van der Waals surface area contributed by atoms with E-state index in [4.69, 9.17) is 9.84 Å². The number of nitrogens with one attached hydrogen (secondary N) is 1. The van der Waals surface area contributed by atoms with Crippen LogP contribution in [0.1, 0.15) is 6.42 Å². The van der Waals surface area contributed by atoms with Crippen LogP contribution in [0.4, 0.5) is 0 Å². The molecule has 0 aromatic carbocycles. The zero-order valence-electron chi connectivity index (χ0n) is 11.2. The molecule has 1 atom stereocenters. The number of sulfone groups is 1. The summed E-state index contributed by atoms with van der Waals surface area (Å²) in [5.74, 6) is -0.0506. The third kappa shape index (κ3) is 6.33. The summed E-state index contributed by atoms with van der Waals surface area (Å²) in [6.45, 7) is 1.52. The van der Waals surface area contributed by atoms with Crippen LogP contribution in [0.15, 0.2) is 0 Å². The number of aliphatic hydroxyl groups excluding tert-OH is 1. The Bertz CT molecular complexity index is 385. The Morgan fingerprint density at radius 1 is 1.47 bits per heavy atom. The maximum atomic E-state index is 11.8. The molecule has 8 heteroatoms. The number of methoxy groups -OCH3 is 1. The number of rotatable bonds is 8. The van der Waals surface area contributed by atoms with Gasteiger partial charge in [-0.05, 0) is 6.42 Å². The van der Waals surface area contributed by atoms with E-state index in [2.05, 4.69) is 5.32 Å². The van der Waals surface area contributed by atoms with Crippen molar-refractivity contribution in [2.45, 2.75) is 12.5 Å². The van der Waals surface area contributed by atoms with E-state index in [1.165, 1.54) is 0 Å². The third-order valence-electron chi connectivity index (χ3n) is 2.99. The van der Waals surface area contributed by atoms with Crippen LogP contribution in [0.25, 0.3) is 0 Å². The largest absolute Gasteiger partial charge is 0.395 e. The Morgan fingerprint density at radius 3 is 2.74 bits per heavy atom. The molecule has 1 unspecified atom stereocenters. The predicted molar refractivity (Wildman–Crippen MR) is 70.6 cm³/mol. The fraction of sp³-hybridized carbons (Fsp3) is 0.909. The normalized spacial score (nSPS) is 21.7. The Kier molecular flexibility index (Phi) is 6.70. The van der Waals surface area contributed by atoms with E-state index in [1.54, 1.807) is 12.0 Å². The molecule has 1 aliphatic rings. The molecule has 1 rings (SSSR count). The Balaban J connectivity index is 2.35. The van der Waals surface area contributed by atoms with Crippen LogP contribution in [0.3, 0.4) is 0 Å². The molecular formula is C11H22N2O5S. The highest BCUT2D eigenvalue weighted by Crippen LogP contribution is 2.10. The lowest BCUT2D eigenvalue weighted by Crippen LogP contribution is -2.44. The van der Waals surface area contributed by atoms with Gasteiger partial charge in [0.2, 0.25) is 5.91 Å². The van der Waals surface area contributed by atoms with Gasteiger partial charge in [0.25, 0.3) is 0 Å². The van der Waals surface area contributed by atoms with Crippen LogP contribution in [0, 0.1) is 0 Å². The van der Waals surface area contributed by atoms with E-state index >= 15 is 0 Å². The minimum Gasteiger partial charge on any atom is -0.395 e. The molecule has 0 aliphatic carbocycles. The third-order valence-corrected chi connectivity index (χ3v) is 4.76. The topological polar surface area (TPSA) is 95.9 Å². The molecule has 1 saturated heterocycles. The first-order valence-corrected chi connectivity index (χ1v) is 8.11. The molecule has 2 N–H and O–H groups in total. The van der Waals surface area contributed by atoms with Crippen LogP contribution in [0.2, 0.25) is 0 Å². The first-order valence-electron chi connectivity index (χ1n) is 6.29. The molecular weight excluding hydrogens is 272 g/mol. The highest BCUT2D eigenvalue weighted by Gasteiger charge is 2.29. The first kappa shape index (κ1) is 16.4. The maximum Gasteiger partial charge on any atom is 0.234 e. The molecule has 0 bridgehead atoms. The molecule has 0 aromatic heterocycles. The smallest absolute Gasteiger partial charge is 0.234 e.